The first-order valence-corrected chi connectivity index (χ1v) is 7.06. The first-order chi connectivity index (χ1) is 9.10. The third-order valence-electron chi connectivity index (χ3n) is 2.49. The van der Waals surface area contributed by atoms with Crippen molar-refractivity contribution in [2.45, 2.75) is 19.9 Å². The summed E-state index contributed by atoms with van der Waals surface area (Å²) in [5.74, 6) is 0.539. The van der Waals surface area contributed by atoms with Gasteiger partial charge >= 0.3 is 6.01 Å². The summed E-state index contributed by atoms with van der Waals surface area (Å²) in [5.41, 5.74) is 0.719. The zero-order chi connectivity index (χ0) is 13.8. The van der Waals surface area contributed by atoms with Crippen LogP contribution >= 0.6 is 27.5 Å². The average molecular weight is 346 g/mol. The average Bonchev–Trinajstić information content (AvgIpc) is 2.82. The molecule has 1 atom stereocenters. The van der Waals surface area contributed by atoms with Gasteiger partial charge in [0, 0.05) is 4.47 Å². The van der Waals surface area contributed by atoms with Gasteiger partial charge in [0.15, 0.2) is 0 Å². The molecular weight excluding hydrogens is 332 g/mol. The number of hydrogen-bond donors (Lipinski definition) is 2. The van der Waals surface area contributed by atoms with Gasteiger partial charge in [-0.05, 0) is 31.7 Å². The third kappa shape index (κ3) is 3.68. The Morgan fingerprint density at radius 1 is 1.42 bits per heavy atom. The summed E-state index contributed by atoms with van der Waals surface area (Å²) in [4.78, 5) is 0. The van der Waals surface area contributed by atoms with Gasteiger partial charge in [0.25, 0.3) is 0 Å². The van der Waals surface area contributed by atoms with Crippen molar-refractivity contribution in [2.75, 3.05) is 11.9 Å². The molecule has 7 heteroatoms. The molecule has 1 aromatic heterocycles. The topological polar surface area (TPSA) is 63.0 Å². The molecule has 0 bridgehead atoms. The van der Waals surface area contributed by atoms with Gasteiger partial charge in [0.1, 0.15) is 0 Å². The smallest absolute Gasteiger partial charge is 0.320 e. The molecule has 2 aromatic rings. The van der Waals surface area contributed by atoms with Crippen molar-refractivity contribution in [3.63, 3.8) is 0 Å². The van der Waals surface area contributed by atoms with E-state index < -0.39 is 0 Å². The van der Waals surface area contributed by atoms with Gasteiger partial charge in [-0.25, -0.2) is 0 Å². The lowest BCUT2D eigenvalue weighted by Crippen LogP contribution is -2.17. The molecule has 0 spiro atoms. The highest BCUT2D eigenvalue weighted by atomic mass is 79.9. The quantitative estimate of drug-likeness (QED) is 0.860. The maximum atomic E-state index is 6.10. The number of aromatic nitrogens is 2. The van der Waals surface area contributed by atoms with Crippen molar-refractivity contribution in [3.05, 3.63) is 33.6 Å². The van der Waals surface area contributed by atoms with E-state index in [-0.39, 0.29) is 6.04 Å². The van der Waals surface area contributed by atoms with Gasteiger partial charge in [-0.2, -0.15) is 0 Å². The Hall–Kier alpha value is -1.11. The number of hydrogen-bond acceptors (Lipinski definition) is 5. The molecule has 0 saturated carbocycles. The normalized spacial score (nSPS) is 12.4. The Balaban J connectivity index is 2.11. The van der Waals surface area contributed by atoms with Crippen LogP contribution in [-0.4, -0.2) is 16.7 Å². The highest BCUT2D eigenvalue weighted by Gasteiger charge is 2.13. The third-order valence-corrected chi connectivity index (χ3v) is 3.30. The number of nitrogens with one attached hydrogen (secondary N) is 2. The second kappa shape index (κ2) is 6.36. The standard InChI is InChI=1S/C12H14BrClN4O/c1-3-15-7(2)11-17-18-12(19-11)16-10-5-4-8(13)6-9(10)14/h4-7,15H,3H2,1-2H3,(H,16,18). The molecule has 2 rings (SSSR count). The molecule has 0 fully saturated rings. The fourth-order valence-electron chi connectivity index (χ4n) is 1.56. The van der Waals surface area contributed by atoms with E-state index in [1.807, 2.05) is 26.0 Å². The van der Waals surface area contributed by atoms with E-state index in [0.29, 0.717) is 16.9 Å². The van der Waals surface area contributed by atoms with Crippen LogP contribution < -0.4 is 10.6 Å². The van der Waals surface area contributed by atoms with E-state index in [1.165, 1.54) is 0 Å². The zero-order valence-electron chi connectivity index (χ0n) is 10.6. The van der Waals surface area contributed by atoms with Crippen LogP contribution in [0, 0.1) is 0 Å². The minimum absolute atomic E-state index is 0.0217. The van der Waals surface area contributed by atoms with E-state index in [2.05, 4.69) is 36.8 Å². The van der Waals surface area contributed by atoms with Crippen LogP contribution in [0.25, 0.3) is 0 Å². The molecule has 5 nitrogen and oxygen atoms in total. The van der Waals surface area contributed by atoms with E-state index in [0.717, 1.165) is 16.7 Å². The van der Waals surface area contributed by atoms with Gasteiger partial charge < -0.3 is 15.1 Å². The summed E-state index contributed by atoms with van der Waals surface area (Å²) in [6.45, 7) is 4.83. The molecule has 1 aromatic carbocycles. The Morgan fingerprint density at radius 3 is 2.89 bits per heavy atom. The molecule has 0 saturated heterocycles. The number of halogens is 2. The largest absolute Gasteiger partial charge is 0.406 e. The Labute approximate surface area is 124 Å². The first-order valence-electron chi connectivity index (χ1n) is 5.89. The number of nitrogens with zero attached hydrogens (tertiary/aromatic N) is 2. The minimum atomic E-state index is 0.0217. The minimum Gasteiger partial charge on any atom is -0.406 e. The summed E-state index contributed by atoms with van der Waals surface area (Å²) in [6, 6.07) is 5.86. The number of benzene rings is 1. The van der Waals surface area contributed by atoms with Crippen LogP contribution in [0.15, 0.2) is 27.1 Å². The highest BCUT2D eigenvalue weighted by molar-refractivity contribution is 9.10. The van der Waals surface area contributed by atoms with Crippen LogP contribution in [0.1, 0.15) is 25.8 Å². The van der Waals surface area contributed by atoms with Crippen molar-refractivity contribution < 1.29 is 4.42 Å². The van der Waals surface area contributed by atoms with Gasteiger partial charge in [-0.1, -0.05) is 39.6 Å². The second-order valence-electron chi connectivity index (χ2n) is 3.97. The van der Waals surface area contributed by atoms with E-state index in [1.54, 1.807) is 6.07 Å². The predicted octanol–water partition coefficient (Wildman–Crippen LogP) is 3.90. The lowest BCUT2D eigenvalue weighted by molar-refractivity contribution is 0.430. The van der Waals surface area contributed by atoms with Crippen molar-refractivity contribution >= 4 is 39.2 Å². The first kappa shape index (κ1) is 14.3. The molecule has 1 heterocycles. The van der Waals surface area contributed by atoms with Gasteiger partial charge in [-0.3, -0.25) is 0 Å². The molecule has 0 amide bonds. The fraction of sp³-hybridized carbons (Fsp3) is 0.333. The summed E-state index contributed by atoms with van der Waals surface area (Å²) in [7, 11) is 0. The number of anilines is 2. The number of rotatable bonds is 5. The van der Waals surface area contributed by atoms with Crippen molar-refractivity contribution in [1.29, 1.82) is 0 Å². The maximum absolute atomic E-state index is 6.10. The summed E-state index contributed by atoms with van der Waals surface area (Å²) in [5, 5.41) is 14.7. The summed E-state index contributed by atoms with van der Waals surface area (Å²) >= 11 is 9.45. The van der Waals surface area contributed by atoms with Crippen LogP contribution in [0.5, 0.6) is 0 Å². The van der Waals surface area contributed by atoms with Crippen LogP contribution in [0.4, 0.5) is 11.7 Å². The van der Waals surface area contributed by atoms with Crippen molar-refractivity contribution in [2.24, 2.45) is 0 Å². The van der Waals surface area contributed by atoms with Gasteiger partial charge in [-0.15, -0.1) is 5.10 Å². The molecule has 2 N–H and O–H groups in total. The molecule has 1 unspecified atom stereocenters. The predicted molar refractivity (Wildman–Crippen MR) is 78.8 cm³/mol. The van der Waals surface area contributed by atoms with Crippen LogP contribution in [0.3, 0.4) is 0 Å². The van der Waals surface area contributed by atoms with Gasteiger partial charge in [0.05, 0.1) is 16.8 Å². The molecule has 19 heavy (non-hydrogen) atoms. The highest BCUT2D eigenvalue weighted by Crippen LogP contribution is 2.28. The molecular formula is C12H14BrClN4O. The van der Waals surface area contributed by atoms with E-state index in [4.69, 9.17) is 16.0 Å². The molecule has 0 aliphatic rings. The molecule has 0 aliphatic carbocycles. The lowest BCUT2D eigenvalue weighted by atomic mass is 10.3. The Morgan fingerprint density at radius 2 is 2.21 bits per heavy atom. The summed E-state index contributed by atoms with van der Waals surface area (Å²) < 4.78 is 6.43. The lowest BCUT2D eigenvalue weighted by Gasteiger charge is -2.06. The van der Waals surface area contributed by atoms with Crippen LogP contribution in [0.2, 0.25) is 5.02 Å². The molecule has 0 radical (unpaired) electrons. The SMILES string of the molecule is CCNC(C)c1nnc(Nc2ccc(Br)cc2Cl)o1. The van der Waals surface area contributed by atoms with Crippen molar-refractivity contribution in [1.82, 2.24) is 15.5 Å². The van der Waals surface area contributed by atoms with Crippen molar-refractivity contribution in [3.8, 4) is 0 Å². The molecule has 0 aliphatic heterocycles. The Bertz CT molecular complexity index is 560. The summed E-state index contributed by atoms with van der Waals surface area (Å²) in [6.07, 6.45) is 0. The van der Waals surface area contributed by atoms with E-state index in [9.17, 15) is 0 Å². The molecule has 102 valence electrons. The van der Waals surface area contributed by atoms with Gasteiger partial charge in [0.2, 0.25) is 5.89 Å². The second-order valence-corrected chi connectivity index (χ2v) is 5.30. The monoisotopic (exact) mass is 344 g/mol. The van der Waals surface area contributed by atoms with E-state index >= 15 is 0 Å². The Kier molecular flexibility index (Phi) is 4.79. The fourth-order valence-corrected chi connectivity index (χ4v) is 2.28. The zero-order valence-corrected chi connectivity index (χ0v) is 12.9. The van der Waals surface area contributed by atoms with Crippen LogP contribution in [-0.2, 0) is 0 Å². The maximum Gasteiger partial charge on any atom is 0.320 e.